The molecule has 2 N–H and O–H groups in total. The zero-order valence-electron chi connectivity index (χ0n) is 17.4. The van der Waals surface area contributed by atoms with Crippen LogP contribution in [0.25, 0.3) is 0 Å². The van der Waals surface area contributed by atoms with Crippen LogP contribution >= 0.6 is 0 Å². The van der Waals surface area contributed by atoms with E-state index in [9.17, 15) is 40.0 Å². The van der Waals surface area contributed by atoms with E-state index in [2.05, 4.69) is 30.4 Å². The average molecular weight is 524 g/mol. The summed E-state index contributed by atoms with van der Waals surface area (Å²) in [4.78, 5) is 11.3. The number of sulfone groups is 1. The minimum absolute atomic E-state index is 0.0665. The molecule has 0 aromatic carbocycles. The molecule has 35 heavy (non-hydrogen) atoms. The van der Waals surface area contributed by atoms with Crippen molar-refractivity contribution in [2.24, 2.45) is 4.99 Å². The van der Waals surface area contributed by atoms with Crippen molar-refractivity contribution in [2.45, 2.75) is 30.7 Å². The minimum atomic E-state index is -4.83. The van der Waals surface area contributed by atoms with Gasteiger partial charge >= 0.3 is 12.4 Å². The fourth-order valence-electron chi connectivity index (χ4n) is 2.59. The van der Waals surface area contributed by atoms with Crippen molar-refractivity contribution in [1.82, 2.24) is 35.7 Å². The van der Waals surface area contributed by atoms with Gasteiger partial charge in [0.1, 0.15) is 5.69 Å². The first-order valence-electron chi connectivity index (χ1n) is 9.33. The van der Waals surface area contributed by atoms with Crippen LogP contribution in [-0.2, 0) is 28.7 Å². The molecule has 0 amide bonds. The van der Waals surface area contributed by atoms with E-state index >= 15 is 0 Å². The predicted octanol–water partition coefficient (Wildman–Crippen LogP) is 2.40. The molecular formula is C17H14F6N8O3S. The number of alkyl halides is 6. The maximum Gasteiger partial charge on any atom is 0.455 e. The molecule has 18 heteroatoms. The lowest BCUT2D eigenvalue weighted by atomic mass is 10.2. The summed E-state index contributed by atoms with van der Waals surface area (Å²) < 4.78 is 101. The summed E-state index contributed by atoms with van der Waals surface area (Å²) in [6.07, 6.45) is -7.92. The second-order valence-electron chi connectivity index (χ2n) is 6.71. The van der Waals surface area contributed by atoms with Crippen LogP contribution in [0.1, 0.15) is 29.6 Å². The van der Waals surface area contributed by atoms with Gasteiger partial charge in [0, 0.05) is 12.4 Å². The second kappa shape index (κ2) is 9.53. The van der Waals surface area contributed by atoms with Crippen molar-refractivity contribution in [1.29, 1.82) is 0 Å². The molecule has 3 rings (SSSR count). The number of pyridine rings is 2. The molecule has 188 valence electrons. The van der Waals surface area contributed by atoms with E-state index in [0.29, 0.717) is 17.1 Å². The van der Waals surface area contributed by atoms with Gasteiger partial charge in [0.25, 0.3) is 5.82 Å². The lowest BCUT2D eigenvalue weighted by molar-refractivity contribution is -0.145. The number of nitrogens with one attached hydrogen (secondary N) is 1. The van der Waals surface area contributed by atoms with Crippen molar-refractivity contribution >= 4 is 21.5 Å². The monoisotopic (exact) mass is 524 g/mol. The van der Waals surface area contributed by atoms with Gasteiger partial charge < -0.3 is 0 Å². The molecule has 0 saturated carbocycles. The van der Waals surface area contributed by atoms with Gasteiger partial charge in [-0.15, -0.1) is 10.2 Å². The number of nitrogens with zero attached hydrogens (tertiary/aromatic N) is 7. The molecule has 11 nitrogen and oxygen atoms in total. The lowest BCUT2D eigenvalue weighted by Crippen LogP contribution is -2.25. The van der Waals surface area contributed by atoms with E-state index in [1.807, 2.05) is 0 Å². The van der Waals surface area contributed by atoms with Crippen LogP contribution in [0.15, 0.2) is 40.5 Å². The van der Waals surface area contributed by atoms with Gasteiger partial charge in [0.05, 0.1) is 22.8 Å². The van der Waals surface area contributed by atoms with Gasteiger partial charge in [-0.25, -0.2) is 18.4 Å². The molecule has 0 atom stereocenters. The number of hydroxylamine groups is 1. The molecule has 0 aliphatic heterocycles. The number of rotatable bonds is 6. The second-order valence-corrected chi connectivity index (χ2v) is 8.96. The molecule has 3 aromatic rings. The fourth-order valence-corrected chi connectivity index (χ4v) is 3.68. The normalized spacial score (nSPS) is 13.2. The number of halogens is 6. The van der Waals surface area contributed by atoms with Crippen LogP contribution in [0.4, 0.5) is 32.2 Å². The maximum absolute atomic E-state index is 12.7. The molecule has 3 aromatic heterocycles. The van der Waals surface area contributed by atoms with Gasteiger partial charge in [-0.05, 0) is 29.0 Å². The SMILES string of the molecule is CCS(=O)(=O)c1cc(Cn2nnc(C(F)(F)F)n2)cnc1C(=Nc1ccc(C(F)(F)F)cn1)NO. The molecule has 3 heterocycles. The van der Waals surface area contributed by atoms with Gasteiger partial charge in [-0.3, -0.25) is 15.7 Å². The van der Waals surface area contributed by atoms with Crippen LogP contribution in [0.3, 0.4) is 0 Å². The maximum atomic E-state index is 12.7. The fraction of sp³-hybridized carbons (Fsp3) is 0.294. The highest BCUT2D eigenvalue weighted by atomic mass is 32.2. The van der Waals surface area contributed by atoms with E-state index in [0.717, 1.165) is 18.3 Å². The Hall–Kier alpha value is -3.67. The minimum Gasteiger partial charge on any atom is -0.290 e. The molecule has 0 radical (unpaired) electrons. The highest BCUT2D eigenvalue weighted by molar-refractivity contribution is 7.91. The number of aromatic nitrogens is 6. The van der Waals surface area contributed by atoms with Crippen molar-refractivity contribution in [3.63, 3.8) is 0 Å². The largest absolute Gasteiger partial charge is 0.455 e. The standard InChI is InChI=1S/C17H14F6N8O3S/c1-2-35(33,34)11-5-9(8-31-28-15(27-30-31)17(21,22)23)6-25-13(11)14(29-32)26-12-4-3-10(7-24-12)16(18,19)20/h3-7,32H,2,8H2,1H3,(H,24,26,29). The van der Waals surface area contributed by atoms with E-state index in [4.69, 9.17) is 0 Å². The molecular weight excluding hydrogens is 510 g/mol. The summed E-state index contributed by atoms with van der Waals surface area (Å²) >= 11 is 0. The van der Waals surface area contributed by atoms with Crippen LogP contribution in [0.5, 0.6) is 0 Å². The molecule has 0 saturated heterocycles. The predicted molar refractivity (Wildman–Crippen MR) is 104 cm³/mol. The Morgan fingerprint density at radius 3 is 2.34 bits per heavy atom. The summed E-state index contributed by atoms with van der Waals surface area (Å²) in [5.41, 5.74) is 0.232. The van der Waals surface area contributed by atoms with Crippen LogP contribution in [0, 0.1) is 0 Å². The number of tetrazole rings is 1. The molecule has 0 unspecified atom stereocenters. The van der Waals surface area contributed by atoms with E-state index in [1.54, 1.807) is 5.48 Å². The van der Waals surface area contributed by atoms with Crippen LogP contribution in [0.2, 0.25) is 0 Å². The zero-order chi connectivity index (χ0) is 26.0. The average Bonchev–Trinajstić information content (AvgIpc) is 3.26. The van der Waals surface area contributed by atoms with E-state index in [1.165, 1.54) is 6.92 Å². The first kappa shape index (κ1) is 25.9. The van der Waals surface area contributed by atoms with Gasteiger partial charge in [0.2, 0.25) is 0 Å². The zero-order valence-corrected chi connectivity index (χ0v) is 18.2. The van der Waals surface area contributed by atoms with E-state index in [-0.39, 0.29) is 11.4 Å². The highest BCUT2D eigenvalue weighted by Gasteiger charge is 2.37. The first-order chi connectivity index (χ1) is 16.2. The van der Waals surface area contributed by atoms with E-state index < -0.39 is 62.3 Å². The van der Waals surface area contributed by atoms with Gasteiger partial charge in [-0.2, -0.15) is 31.1 Å². The number of hydrogen-bond acceptors (Lipinski definition) is 9. The first-order valence-corrected chi connectivity index (χ1v) is 11.0. The third kappa shape index (κ3) is 6.07. The molecule has 0 spiro atoms. The topological polar surface area (TPSA) is 148 Å². The molecule has 0 aliphatic carbocycles. The Labute approximate surface area is 192 Å². The summed E-state index contributed by atoms with van der Waals surface area (Å²) in [7, 11) is -4.04. The Morgan fingerprint density at radius 1 is 1.11 bits per heavy atom. The van der Waals surface area contributed by atoms with Crippen molar-refractivity contribution in [2.75, 3.05) is 5.75 Å². The van der Waals surface area contributed by atoms with Gasteiger partial charge in [0.15, 0.2) is 21.5 Å². The Kier molecular flexibility index (Phi) is 7.06. The van der Waals surface area contributed by atoms with Crippen molar-refractivity contribution < 1.29 is 40.0 Å². The Balaban J connectivity index is 2.02. The van der Waals surface area contributed by atoms with Crippen LogP contribution < -0.4 is 5.48 Å². The quantitative estimate of drug-likeness (QED) is 0.215. The molecule has 0 aliphatic rings. The Bertz CT molecular complexity index is 1340. The van der Waals surface area contributed by atoms with Crippen molar-refractivity contribution in [3.8, 4) is 0 Å². The summed E-state index contributed by atoms with van der Waals surface area (Å²) in [5.74, 6) is -2.80. The third-order valence-electron chi connectivity index (χ3n) is 4.29. The Morgan fingerprint density at radius 2 is 1.83 bits per heavy atom. The molecule has 0 bridgehead atoms. The molecule has 0 fully saturated rings. The van der Waals surface area contributed by atoms with Gasteiger partial charge in [-0.1, -0.05) is 6.92 Å². The number of amidine groups is 1. The smallest absolute Gasteiger partial charge is 0.290 e. The third-order valence-corrected chi connectivity index (χ3v) is 6.03. The summed E-state index contributed by atoms with van der Waals surface area (Å²) in [6.45, 7) is 0.878. The highest BCUT2D eigenvalue weighted by Crippen LogP contribution is 2.29. The lowest BCUT2D eigenvalue weighted by Gasteiger charge is -2.12. The summed E-state index contributed by atoms with van der Waals surface area (Å²) in [5, 5.41) is 18.8. The van der Waals surface area contributed by atoms with Crippen molar-refractivity contribution in [3.05, 3.63) is 53.2 Å². The number of aliphatic imine (C=N–C) groups is 1. The van der Waals surface area contributed by atoms with Crippen LogP contribution in [-0.4, -0.2) is 55.4 Å². The number of hydrogen-bond donors (Lipinski definition) is 2. The summed E-state index contributed by atoms with van der Waals surface area (Å²) in [6, 6.07) is 2.63.